The van der Waals surface area contributed by atoms with Gasteiger partial charge < -0.3 is 9.80 Å². The van der Waals surface area contributed by atoms with Crippen molar-refractivity contribution >= 4 is 11.6 Å². The summed E-state index contributed by atoms with van der Waals surface area (Å²) in [5, 5.41) is 0. The summed E-state index contributed by atoms with van der Waals surface area (Å²) >= 11 is 0. The molecule has 1 aliphatic heterocycles. The summed E-state index contributed by atoms with van der Waals surface area (Å²) in [6.07, 6.45) is 6.06. The number of hydrogen-bond donors (Lipinski definition) is 0. The molecule has 4 heteroatoms. The lowest BCUT2D eigenvalue weighted by Gasteiger charge is -2.32. The van der Waals surface area contributed by atoms with E-state index in [1.807, 2.05) is 31.0 Å². The molecule has 0 spiro atoms. The van der Waals surface area contributed by atoms with Crippen LogP contribution in [0.15, 0.2) is 18.5 Å². The predicted octanol–water partition coefficient (Wildman–Crippen LogP) is 2.80. The Kier molecular flexibility index (Phi) is 4.99. The number of anilines is 1. The van der Waals surface area contributed by atoms with Crippen LogP contribution in [0.1, 0.15) is 44.0 Å². The van der Waals surface area contributed by atoms with Crippen LogP contribution in [0.25, 0.3) is 0 Å². The molecule has 0 aliphatic carbocycles. The van der Waals surface area contributed by atoms with E-state index < -0.39 is 0 Å². The summed E-state index contributed by atoms with van der Waals surface area (Å²) in [5.41, 5.74) is 1.78. The number of pyridine rings is 1. The molecule has 0 saturated carbocycles. The number of aromatic nitrogens is 1. The number of hydrogen-bond acceptors (Lipinski definition) is 3. The zero-order valence-electron chi connectivity index (χ0n) is 12.8. The Labute approximate surface area is 121 Å². The molecular formula is C16H25N3O. The molecule has 2 rings (SSSR count). The van der Waals surface area contributed by atoms with Gasteiger partial charge in [-0.1, -0.05) is 6.92 Å². The van der Waals surface area contributed by atoms with Crippen LogP contribution in [-0.4, -0.2) is 42.0 Å². The summed E-state index contributed by atoms with van der Waals surface area (Å²) in [6, 6.07) is 1.99. The van der Waals surface area contributed by atoms with Crippen molar-refractivity contribution in [1.82, 2.24) is 9.88 Å². The summed E-state index contributed by atoms with van der Waals surface area (Å²) in [5.74, 6) is 0.792. The highest BCUT2D eigenvalue weighted by Gasteiger charge is 2.19. The van der Waals surface area contributed by atoms with Gasteiger partial charge in [0.25, 0.3) is 5.91 Å². The summed E-state index contributed by atoms with van der Waals surface area (Å²) in [7, 11) is 0. The van der Waals surface area contributed by atoms with E-state index >= 15 is 0 Å². The number of nitrogens with zero attached hydrogens (tertiary/aromatic N) is 3. The molecule has 1 aromatic rings. The Balaban J connectivity index is 2.17. The van der Waals surface area contributed by atoms with E-state index in [0.717, 1.165) is 31.9 Å². The van der Waals surface area contributed by atoms with Crippen LogP contribution >= 0.6 is 0 Å². The highest BCUT2D eigenvalue weighted by Crippen LogP contribution is 2.23. The van der Waals surface area contributed by atoms with Crippen LogP contribution < -0.4 is 4.90 Å². The standard InChI is InChI=1S/C16H25N3O/c1-4-18(5-2)16(20)14-9-15(11-17-10-14)19-8-6-7-13(3)12-19/h9-11,13H,4-8,12H2,1-3H3. The maximum absolute atomic E-state index is 12.4. The van der Waals surface area contributed by atoms with Crippen molar-refractivity contribution in [1.29, 1.82) is 0 Å². The fraction of sp³-hybridized carbons (Fsp3) is 0.625. The Morgan fingerprint density at radius 2 is 2.15 bits per heavy atom. The minimum atomic E-state index is 0.0782. The van der Waals surface area contributed by atoms with Crippen LogP contribution in [0.4, 0.5) is 5.69 Å². The number of piperidine rings is 1. The summed E-state index contributed by atoms with van der Waals surface area (Å²) in [6.45, 7) is 9.89. The fourth-order valence-electron chi connectivity index (χ4n) is 2.83. The van der Waals surface area contributed by atoms with Crippen molar-refractivity contribution in [3.63, 3.8) is 0 Å². The molecule has 0 bridgehead atoms. The molecule has 1 aliphatic rings. The zero-order chi connectivity index (χ0) is 14.5. The molecule has 1 fully saturated rings. The smallest absolute Gasteiger partial charge is 0.255 e. The van der Waals surface area contributed by atoms with Crippen LogP contribution in [-0.2, 0) is 0 Å². The van der Waals surface area contributed by atoms with E-state index in [1.165, 1.54) is 12.8 Å². The molecule has 1 aromatic heterocycles. The molecular weight excluding hydrogens is 250 g/mol. The third-order valence-corrected chi connectivity index (χ3v) is 4.04. The maximum atomic E-state index is 12.4. The van der Waals surface area contributed by atoms with Gasteiger partial charge in [-0.05, 0) is 38.7 Å². The average molecular weight is 275 g/mol. The fourth-order valence-corrected chi connectivity index (χ4v) is 2.83. The Morgan fingerprint density at radius 1 is 1.40 bits per heavy atom. The van der Waals surface area contributed by atoms with E-state index in [0.29, 0.717) is 11.5 Å². The molecule has 1 atom stereocenters. The minimum Gasteiger partial charge on any atom is -0.370 e. The average Bonchev–Trinajstić information content (AvgIpc) is 2.48. The first-order chi connectivity index (χ1) is 9.65. The highest BCUT2D eigenvalue weighted by atomic mass is 16.2. The number of rotatable bonds is 4. The lowest BCUT2D eigenvalue weighted by Crippen LogP contribution is -2.35. The van der Waals surface area contributed by atoms with E-state index in [1.54, 1.807) is 6.20 Å². The molecule has 110 valence electrons. The summed E-state index contributed by atoms with van der Waals surface area (Å²) in [4.78, 5) is 20.8. The summed E-state index contributed by atoms with van der Waals surface area (Å²) < 4.78 is 0. The Hall–Kier alpha value is -1.58. The van der Waals surface area contributed by atoms with Crippen LogP contribution in [0.3, 0.4) is 0 Å². The van der Waals surface area contributed by atoms with Gasteiger partial charge in [0.1, 0.15) is 0 Å². The van der Waals surface area contributed by atoms with Gasteiger partial charge >= 0.3 is 0 Å². The van der Waals surface area contributed by atoms with E-state index in [2.05, 4.69) is 16.8 Å². The van der Waals surface area contributed by atoms with Crippen molar-refractivity contribution in [2.45, 2.75) is 33.6 Å². The van der Waals surface area contributed by atoms with E-state index in [9.17, 15) is 4.79 Å². The van der Waals surface area contributed by atoms with Gasteiger partial charge in [-0.2, -0.15) is 0 Å². The monoisotopic (exact) mass is 275 g/mol. The second kappa shape index (κ2) is 6.73. The lowest BCUT2D eigenvalue weighted by molar-refractivity contribution is 0.0772. The second-order valence-electron chi connectivity index (χ2n) is 5.60. The molecule has 1 saturated heterocycles. The van der Waals surface area contributed by atoms with Crippen LogP contribution in [0, 0.1) is 5.92 Å². The van der Waals surface area contributed by atoms with Gasteiger partial charge in [-0.25, -0.2) is 0 Å². The Bertz CT molecular complexity index is 457. The third-order valence-electron chi connectivity index (χ3n) is 4.04. The van der Waals surface area contributed by atoms with Gasteiger partial charge in [0.2, 0.25) is 0 Å². The van der Waals surface area contributed by atoms with Gasteiger partial charge in [-0.3, -0.25) is 9.78 Å². The van der Waals surface area contributed by atoms with Crippen molar-refractivity contribution in [2.75, 3.05) is 31.1 Å². The first kappa shape index (κ1) is 14.8. The lowest BCUT2D eigenvalue weighted by atomic mass is 10.00. The molecule has 0 N–H and O–H groups in total. The number of carbonyl (C=O) groups excluding carboxylic acids is 1. The van der Waals surface area contributed by atoms with E-state index in [4.69, 9.17) is 0 Å². The van der Waals surface area contributed by atoms with Crippen molar-refractivity contribution in [3.8, 4) is 0 Å². The van der Waals surface area contributed by atoms with Crippen LogP contribution in [0.2, 0.25) is 0 Å². The molecule has 20 heavy (non-hydrogen) atoms. The highest BCUT2D eigenvalue weighted by molar-refractivity contribution is 5.94. The molecule has 1 amide bonds. The largest absolute Gasteiger partial charge is 0.370 e. The van der Waals surface area contributed by atoms with Crippen molar-refractivity contribution < 1.29 is 4.79 Å². The minimum absolute atomic E-state index is 0.0782. The first-order valence-electron chi connectivity index (χ1n) is 7.65. The molecule has 2 heterocycles. The number of carbonyl (C=O) groups is 1. The van der Waals surface area contributed by atoms with Gasteiger partial charge in [-0.15, -0.1) is 0 Å². The third kappa shape index (κ3) is 3.30. The zero-order valence-corrected chi connectivity index (χ0v) is 12.8. The second-order valence-corrected chi connectivity index (χ2v) is 5.60. The van der Waals surface area contributed by atoms with Gasteiger partial charge in [0, 0.05) is 32.4 Å². The SMILES string of the molecule is CCN(CC)C(=O)c1cncc(N2CCCC(C)C2)c1. The molecule has 0 radical (unpaired) electrons. The molecule has 0 aromatic carbocycles. The van der Waals surface area contributed by atoms with Gasteiger partial charge in [0.15, 0.2) is 0 Å². The predicted molar refractivity (Wildman–Crippen MR) is 82.1 cm³/mol. The molecule has 1 unspecified atom stereocenters. The van der Waals surface area contributed by atoms with Crippen molar-refractivity contribution in [2.24, 2.45) is 5.92 Å². The first-order valence-corrected chi connectivity index (χ1v) is 7.65. The Morgan fingerprint density at radius 3 is 2.80 bits per heavy atom. The normalized spacial score (nSPS) is 18.9. The number of amides is 1. The van der Waals surface area contributed by atoms with Crippen molar-refractivity contribution in [3.05, 3.63) is 24.0 Å². The maximum Gasteiger partial charge on any atom is 0.255 e. The topological polar surface area (TPSA) is 36.4 Å². The van der Waals surface area contributed by atoms with Crippen LogP contribution in [0.5, 0.6) is 0 Å². The molecule has 4 nitrogen and oxygen atoms in total. The quantitative estimate of drug-likeness (QED) is 0.848. The van der Waals surface area contributed by atoms with Gasteiger partial charge in [0.05, 0.1) is 17.4 Å². The van der Waals surface area contributed by atoms with E-state index in [-0.39, 0.29) is 5.91 Å².